The lowest BCUT2D eigenvalue weighted by Gasteiger charge is -2.13. The molecule has 0 atom stereocenters. The Morgan fingerprint density at radius 1 is 1.25 bits per heavy atom. The average Bonchev–Trinajstić information content (AvgIpc) is 2.90. The van der Waals surface area contributed by atoms with E-state index < -0.39 is 10.0 Å². The lowest BCUT2D eigenvalue weighted by Crippen LogP contribution is -2.14. The van der Waals surface area contributed by atoms with Crippen LogP contribution in [0.2, 0.25) is 0 Å². The number of para-hydroxylation sites is 1. The van der Waals surface area contributed by atoms with Crippen LogP contribution in [0, 0.1) is 6.92 Å². The maximum absolute atomic E-state index is 12.4. The van der Waals surface area contributed by atoms with E-state index >= 15 is 0 Å². The number of aryl methyl sites for hydroxylation is 2. The zero-order valence-corrected chi connectivity index (χ0v) is 13.1. The van der Waals surface area contributed by atoms with Crippen molar-refractivity contribution >= 4 is 27.0 Å². The molecule has 4 nitrogen and oxygen atoms in total. The average molecular weight is 310 g/mol. The Morgan fingerprint density at radius 3 is 2.60 bits per heavy atom. The van der Waals surface area contributed by atoms with Crippen molar-refractivity contribution in [1.29, 1.82) is 0 Å². The van der Waals surface area contributed by atoms with Gasteiger partial charge >= 0.3 is 0 Å². The summed E-state index contributed by atoms with van der Waals surface area (Å²) >= 11 is 1.20. The van der Waals surface area contributed by atoms with Crippen LogP contribution in [0.5, 0.6) is 0 Å². The number of rotatable bonds is 5. The fourth-order valence-corrected chi connectivity index (χ4v) is 4.37. The first-order chi connectivity index (χ1) is 9.47. The van der Waals surface area contributed by atoms with Gasteiger partial charge in [0.1, 0.15) is 4.21 Å². The zero-order valence-electron chi connectivity index (χ0n) is 11.5. The van der Waals surface area contributed by atoms with Crippen LogP contribution in [0.4, 0.5) is 5.69 Å². The molecule has 0 aliphatic carbocycles. The summed E-state index contributed by atoms with van der Waals surface area (Å²) in [5.74, 6) is 0. The van der Waals surface area contributed by atoms with Crippen molar-refractivity contribution < 1.29 is 8.42 Å². The molecule has 0 radical (unpaired) electrons. The number of thiophene rings is 1. The summed E-state index contributed by atoms with van der Waals surface area (Å²) in [6.45, 7) is 4.26. The van der Waals surface area contributed by atoms with Crippen LogP contribution in [0.3, 0.4) is 0 Å². The van der Waals surface area contributed by atoms with E-state index in [9.17, 15) is 8.42 Å². The Labute approximate surface area is 123 Å². The third kappa shape index (κ3) is 3.03. The van der Waals surface area contributed by atoms with E-state index in [-0.39, 0.29) is 0 Å². The summed E-state index contributed by atoms with van der Waals surface area (Å²) in [5, 5.41) is 0. The maximum Gasteiger partial charge on any atom is 0.271 e. The third-order valence-corrected chi connectivity index (χ3v) is 6.03. The smallest absolute Gasteiger partial charge is 0.271 e. The Bertz CT molecular complexity index is 706. The molecule has 2 aromatic rings. The van der Waals surface area contributed by atoms with Gasteiger partial charge in [-0.25, -0.2) is 8.42 Å². The number of nitrogens with two attached hydrogens (primary N) is 1. The second-order valence-corrected chi connectivity index (χ2v) is 7.57. The first kappa shape index (κ1) is 15.0. The summed E-state index contributed by atoms with van der Waals surface area (Å²) < 4.78 is 27.8. The monoisotopic (exact) mass is 310 g/mol. The summed E-state index contributed by atoms with van der Waals surface area (Å²) in [5.41, 5.74) is 8.11. The number of sulfonamides is 1. The van der Waals surface area contributed by atoms with Crippen molar-refractivity contribution in [3.8, 4) is 0 Å². The van der Waals surface area contributed by atoms with Crippen molar-refractivity contribution in [3.63, 3.8) is 0 Å². The number of hydrogen-bond donors (Lipinski definition) is 2. The van der Waals surface area contributed by atoms with E-state index in [2.05, 4.69) is 4.72 Å². The van der Waals surface area contributed by atoms with Crippen molar-refractivity contribution in [2.75, 3.05) is 4.72 Å². The molecule has 20 heavy (non-hydrogen) atoms. The van der Waals surface area contributed by atoms with Crippen LogP contribution in [0.1, 0.15) is 22.9 Å². The van der Waals surface area contributed by atoms with Gasteiger partial charge in [-0.3, -0.25) is 4.72 Å². The molecule has 6 heteroatoms. The van der Waals surface area contributed by atoms with E-state index in [0.717, 1.165) is 22.4 Å². The van der Waals surface area contributed by atoms with Crippen LogP contribution in [0.15, 0.2) is 34.5 Å². The van der Waals surface area contributed by atoms with Gasteiger partial charge in [-0.15, -0.1) is 11.3 Å². The van der Waals surface area contributed by atoms with Crippen molar-refractivity contribution in [3.05, 3.63) is 46.3 Å². The highest BCUT2D eigenvalue weighted by Crippen LogP contribution is 2.27. The van der Waals surface area contributed by atoms with Gasteiger partial charge in [0.2, 0.25) is 0 Å². The summed E-state index contributed by atoms with van der Waals surface area (Å²) in [6, 6.07) is 9.11. The fourth-order valence-electron chi connectivity index (χ4n) is 1.97. The van der Waals surface area contributed by atoms with Gasteiger partial charge in [0.05, 0.1) is 5.69 Å². The van der Waals surface area contributed by atoms with Gasteiger partial charge in [0.15, 0.2) is 0 Å². The lowest BCUT2D eigenvalue weighted by molar-refractivity contribution is 0.603. The van der Waals surface area contributed by atoms with Gasteiger partial charge in [0.25, 0.3) is 10.0 Å². The number of hydrogen-bond acceptors (Lipinski definition) is 4. The molecule has 1 heterocycles. The molecular formula is C14H18N2O2S2. The van der Waals surface area contributed by atoms with Gasteiger partial charge in [0, 0.05) is 11.4 Å². The summed E-state index contributed by atoms with van der Waals surface area (Å²) in [6.07, 6.45) is 0.776. The van der Waals surface area contributed by atoms with Gasteiger partial charge in [-0.05, 0) is 36.6 Å². The molecule has 0 fully saturated rings. The van der Waals surface area contributed by atoms with E-state index in [1.165, 1.54) is 11.3 Å². The van der Waals surface area contributed by atoms with E-state index in [0.29, 0.717) is 16.4 Å². The van der Waals surface area contributed by atoms with Crippen LogP contribution in [-0.4, -0.2) is 8.42 Å². The van der Waals surface area contributed by atoms with Gasteiger partial charge in [-0.2, -0.15) is 0 Å². The minimum atomic E-state index is -3.54. The molecule has 0 bridgehead atoms. The molecule has 3 N–H and O–H groups in total. The predicted molar refractivity (Wildman–Crippen MR) is 83.6 cm³/mol. The topological polar surface area (TPSA) is 72.2 Å². The molecule has 0 aliphatic rings. The first-order valence-corrected chi connectivity index (χ1v) is 8.68. The summed E-state index contributed by atoms with van der Waals surface area (Å²) in [4.78, 5) is 0.853. The molecular weight excluding hydrogens is 292 g/mol. The normalized spacial score (nSPS) is 11.6. The second-order valence-electron chi connectivity index (χ2n) is 4.49. The largest absolute Gasteiger partial charge is 0.326 e. The fraction of sp³-hybridized carbons (Fsp3) is 0.286. The van der Waals surface area contributed by atoms with Gasteiger partial charge < -0.3 is 5.73 Å². The molecule has 0 unspecified atom stereocenters. The SMILES string of the molecule is CCc1cccc(C)c1NS(=O)(=O)c1ccc(CN)s1. The van der Waals surface area contributed by atoms with Crippen molar-refractivity contribution in [1.82, 2.24) is 0 Å². The molecule has 0 spiro atoms. The molecule has 108 valence electrons. The highest BCUT2D eigenvalue weighted by Gasteiger charge is 2.19. The van der Waals surface area contributed by atoms with E-state index in [1.807, 2.05) is 32.0 Å². The maximum atomic E-state index is 12.4. The first-order valence-electron chi connectivity index (χ1n) is 6.38. The number of benzene rings is 1. The molecule has 0 saturated heterocycles. The number of anilines is 1. The lowest BCUT2D eigenvalue weighted by atomic mass is 10.1. The zero-order chi connectivity index (χ0) is 14.8. The summed E-state index contributed by atoms with van der Waals surface area (Å²) in [7, 11) is -3.54. The van der Waals surface area contributed by atoms with Crippen LogP contribution in [0.25, 0.3) is 0 Å². The molecule has 2 rings (SSSR count). The highest BCUT2D eigenvalue weighted by molar-refractivity contribution is 7.94. The van der Waals surface area contributed by atoms with Gasteiger partial charge in [-0.1, -0.05) is 25.1 Å². The molecule has 0 amide bonds. The van der Waals surface area contributed by atoms with Crippen molar-refractivity contribution in [2.24, 2.45) is 5.73 Å². The molecule has 1 aromatic carbocycles. The molecule has 0 saturated carbocycles. The molecule has 0 aliphatic heterocycles. The van der Waals surface area contributed by atoms with Crippen molar-refractivity contribution in [2.45, 2.75) is 31.0 Å². The quantitative estimate of drug-likeness (QED) is 0.892. The minimum Gasteiger partial charge on any atom is -0.326 e. The second kappa shape index (κ2) is 5.95. The molecule has 1 aromatic heterocycles. The Morgan fingerprint density at radius 2 is 2.00 bits per heavy atom. The van der Waals surface area contributed by atoms with E-state index in [1.54, 1.807) is 12.1 Å². The number of nitrogens with one attached hydrogen (secondary N) is 1. The Balaban J connectivity index is 2.38. The standard InChI is InChI=1S/C14H18N2O2S2/c1-3-11-6-4-5-10(2)14(11)16-20(17,18)13-8-7-12(9-15)19-13/h4-8,16H,3,9,15H2,1-2H3. The van der Waals surface area contributed by atoms with Crippen LogP contribution >= 0.6 is 11.3 Å². The predicted octanol–water partition coefficient (Wildman–Crippen LogP) is 2.88. The van der Waals surface area contributed by atoms with Crippen LogP contribution < -0.4 is 10.5 Å². The minimum absolute atomic E-state index is 0.295. The van der Waals surface area contributed by atoms with Crippen LogP contribution in [-0.2, 0) is 23.0 Å². The Hall–Kier alpha value is -1.37. The third-order valence-electron chi connectivity index (χ3n) is 3.08. The van der Waals surface area contributed by atoms with E-state index in [4.69, 9.17) is 5.73 Å². The Kier molecular flexibility index (Phi) is 4.47. The highest BCUT2D eigenvalue weighted by atomic mass is 32.2.